The van der Waals surface area contributed by atoms with Crippen LogP contribution in [0.3, 0.4) is 0 Å². The SMILES string of the molecule is CCCCCCCC(C)(CCCC)N1CCC(F)CC1. The molecular weight excluding hydrogens is 249 g/mol. The molecule has 1 atom stereocenters. The average molecular weight is 285 g/mol. The van der Waals surface area contributed by atoms with Crippen LogP contribution in [0.4, 0.5) is 4.39 Å². The zero-order chi connectivity index (χ0) is 14.8. The lowest BCUT2D eigenvalue weighted by atomic mass is 9.85. The molecule has 1 heterocycles. The lowest BCUT2D eigenvalue weighted by Gasteiger charge is -2.44. The molecule has 1 aliphatic heterocycles. The maximum atomic E-state index is 13.4. The minimum Gasteiger partial charge on any atom is -0.298 e. The molecule has 0 aliphatic carbocycles. The highest BCUT2D eigenvalue weighted by molar-refractivity contribution is 4.89. The normalized spacial score (nSPS) is 21.0. The number of rotatable bonds is 10. The molecule has 1 saturated heterocycles. The van der Waals surface area contributed by atoms with Crippen LogP contribution in [0.25, 0.3) is 0 Å². The fourth-order valence-corrected chi connectivity index (χ4v) is 3.50. The lowest BCUT2D eigenvalue weighted by Crippen LogP contribution is -2.50. The van der Waals surface area contributed by atoms with Crippen molar-refractivity contribution >= 4 is 0 Å². The number of piperidine rings is 1. The van der Waals surface area contributed by atoms with Gasteiger partial charge in [0, 0.05) is 18.6 Å². The van der Waals surface area contributed by atoms with E-state index in [0.29, 0.717) is 5.54 Å². The van der Waals surface area contributed by atoms with E-state index in [9.17, 15) is 4.39 Å². The number of hydrogen-bond acceptors (Lipinski definition) is 1. The highest BCUT2D eigenvalue weighted by Crippen LogP contribution is 2.31. The summed E-state index contributed by atoms with van der Waals surface area (Å²) in [7, 11) is 0. The number of likely N-dealkylation sites (tertiary alicyclic amines) is 1. The van der Waals surface area contributed by atoms with Crippen molar-refractivity contribution < 1.29 is 4.39 Å². The summed E-state index contributed by atoms with van der Waals surface area (Å²) in [5, 5.41) is 0. The van der Waals surface area contributed by atoms with Gasteiger partial charge in [-0.15, -0.1) is 0 Å². The zero-order valence-corrected chi connectivity index (χ0v) is 14.1. The fraction of sp³-hybridized carbons (Fsp3) is 1.00. The molecule has 20 heavy (non-hydrogen) atoms. The fourth-order valence-electron chi connectivity index (χ4n) is 3.50. The third-order valence-electron chi connectivity index (χ3n) is 5.08. The maximum Gasteiger partial charge on any atom is 0.103 e. The van der Waals surface area contributed by atoms with Crippen molar-refractivity contribution in [1.29, 1.82) is 0 Å². The standard InChI is InChI=1S/C18H36FN/c1-4-6-8-9-10-14-18(3,13-7-5-2)20-15-11-17(19)12-16-20/h17H,4-16H2,1-3H3. The van der Waals surface area contributed by atoms with Crippen molar-refractivity contribution in [2.45, 2.75) is 103 Å². The van der Waals surface area contributed by atoms with Crippen molar-refractivity contribution in [1.82, 2.24) is 4.90 Å². The summed E-state index contributed by atoms with van der Waals surface area (Å²) in [6.07, 6.45) is 12.9. The molecule has 1 rings (SSSR count). The van der Waals surface area contributed by atoms with E-state index < -0.39 is 6.17 Å². The lowest BCUT2D eigenvalue weighted by molar-refractivity contribution is 0.0368. The molecule has 0 radical (unpaired) electrons. The van der Waals surface area contributed by atoms with Crippen molar-refractivity contribution in [2.75, 3.05) is 13.1 Å². The molecule has 2 heteroatoms. The van der Waals surface area contributed by atoms with E-state index in [1.54, 1.807) is 0 Å². The first kappa shape index (κ1) is 17.9. The molecule has 0 aromatic carbocycles. The van der Waals surface area contributed by atoms with Crippen LogP contribution in [0, 0.1) is 0 Å². The first-order valence-corrected chi connectivity index (χ1v) is 9.01. The third-order valence-corrected chi connectivity index (χ3v) is 5.08. The summed E-state index contributed by atoms with van der Waals surface area (Å²) in [5.74, 6) is 0. The first-order chi connectivity index (χ1) is 9.62. The summed E-state index contributed by atoms with van der Waals surface area (Å²) in [6, 6.07) is 0. The summed E-state index contributed by atoms with van der Waals surface area (Å²) in [4.78, 5) is 2.60. The summed E-state index contributed by atoms with van der Waals surface area (Å²) >= 11 is 0. The van der Waals surface area contributed by atoms with Gasteiger partial charge in [0.2, 0.25) is 0 Å². The second-order valence-electron chi connectivity index (χ2n) is 6.93. The highest BCUT2D eigenvalue weighted by Gasteiger charge is 2.33. The van der Waals surface area contributed by atoms with Gasteiger partial charge < -0.3 is 0 Å². The van der Waals surface area contributed by atoms with E-state index in [1.807, 2.05) is 0 Å². The Kier molecular flexibility index (Phi) is 8.75. The maximum absolute atomic E-state index is 13.4. The Balaban J connectivity index is 2.43. The summed E-state index contributed by atoms with van der Waals surface area (Å²) in [6.45, 7) is 8.91. The molecule has 120 valence electrons. The van der Waals surface area contributed by atoms with Gasteiger partial charge >= 0.3 is 0 Å². The average Bonchev–Trinajstić information content (AvgIpc) is 2.45. The molecule has 0 N–H and O–H groups in total. The molecule has 0 bridgehead atoms. The molecule has 0 amide bonds. The van der Waals surface area contributed by atoms with Gasteiger partial charge in [0.25, 0.3) is 0 Å². The first-order valence-electron chi connectivity index (χ1n) is 9.01. The van der Waals surface area contributed by atoms with E-state index in [0.717, 1.165) is 25.9 Å². The van der Waals surface area contributed by atoms with Crippen molar-refractivity contribution in [3.63, 3.8) is 0 Å². The molecule has 0 saturated carbocycles. The summed E-state index contributed by atoms with van der Waals surface area (Å²) < 4.78 is 13.4. The smallest absolute Gasteiger partial charge is 0.103 e. The monoisotopic (exact) mass is 285 g/mol. The number of alkyl halides is 1. The number of halogens is 1. The Labute approximate surface area is 126 Å². The zero-order valence-electron chi connectivity index (χ0n) is 14.1. The molecule has 0 aromatic heterocycles. The van der Waals surface area contributed by atoms with Crippen LogP contribution in [-0.4, -0.2) is 29.7 Å². The van der Waals surface area contributed by atoms with Crippen LogP contribution < -0.4 is 0 Å². The van der Waals surface area contributed by atoms with Crippen molar-refractivity contribution in [2.24, 2.45) is 0 Å². The third kappa shape index (κ3) is 6.11. The van der Waals surface area contributed by atoms with Gasteiger partial charge in [-0.05, 0) is 32.6 Å². The Morgan fingerprint density at radius 3 is 2.05 bits per heavy atom. The van der Waals surface area contributed by atoms with E-state index in [4.69, 9.17) is 0 Å². The minimum atomic E-state index is -0.550. The second kappa shape index (κ2) is 9.76. The highest BCUT2D eigenvalue weighted by atomic mass is 19.1. The van der Waals surface area contributed by atoms with Crippen LogP contribution in [0.2, 0.25) is 0 Å². The number of unbranched alkanes of at least 4 members (excludes halogenated alkanes) is 5. The molecule has 1 fully saturated rings. The molecule has 1 aliphatic rings. The Bertz CT molecular complexity index is 236. The Morgan fingerprint density at radius 1 is 0.900 bits per heavy atom. The van der Waals surface area contributed by atoms with Crippen LogP contribution >= 0.6 is 0 Å². The van der Waals surface area contributed by atoms with E-state index in [2.05, 4.69) is 25.7 Å². The Hall–Kier alpha value is -0.110. The van der Waals surface area contributed by atoms with Crippen molar-refractivity contribution in [3.05, 3.63) is 0 Å². The van der Waals surface area contributed by atoms with Gasteiger partial charge in [0.05, 0.1) is 0 Å². The largest absolute Gasteiger partial charge is 0.298 e. The van der Waals surface area contributed by atoms with Crippen LogP contribution in [0.15, 0.2) is 0 Å². The van der Waals surface area contributed by atoms with E-state index in [-0.39, 0.29) is 0 Å². The topological polar surface area (TPSA) is 3.24 Å². The molecule has 0 spiro atoms. The molecule has 1 unspecified atom stereocenters. The molecule has 0 aromatic rings. The van der Waals surface area contributed by atoms with Gasteiger partial charge in [-0.3, -0.25) is 4.90 Å². The Morgan fingerprint density at radius 2 is 1.45 bits per heavy atom. The summed E-state index contributed by atoms with van der Waals surface area (Å²) in [5.41, 5.74) is 0.322. The minimum absolute atomic E-state index is 0.322. The van der Waals surface area contributed by atoms with Crippen LogP contribution in [0.1, 0.15) is 91.4 Å². The van der Waals surface area contributed by atoms with Gasteiger partial charge in [-0.1, -0.05) is 58.8 Å². The quantitative estimate of drug-likeness (QED) is 0.463. The second-order valence-corrected chi connectivity index (χ2v) is 6.93. The molecule has 1 nitrogen and oxygen atoms in total. The van der Waals surface area contributed by atoms with Crippen LogP contribution in [-0.2, 0) is 0 Å². The van der Waals surface area contributed by atoms with Gasteiger partial charge in [0.15, 0.2) is 0 Å². The van der Waals surface area contributed by atoms with Crippen molar-refractivity contribution in [3.8, 4) is 0 Å². The van der Waals surface area contributed by atoms with Gasteiger partial charge in [0.1, 0.15) is 6.17 Å². The number of nitrogens with zero attached hydrogens (tertiary/aromatic N) is 1. The predicted octanol–water partition coefficient (Wildman–Crippen LogP) is 5.73. The van der Waals surface area contributed by atoms with Gasteiger partial charge in [-0.2, -0.15) is 0 Å². The molecular formula is C18H36FN. The van der Waals surface area contributed by atoms with E-state index in [1.165, 1.54) is 57.8 Å². The number of hydrogen-bond donors (Lipinski definition) is 0. The predicted molar refractivity (Wildman–Crippen MR) is 87.0 cm³/mol. The van der Waals surface area contributed by atoms with E-state index >= 15 is 0 Å². The van der Waals surface area contributed by atoms with Crippen LogP contribution in [0.5, 0.6) is 0 Å². The van der Waals surface area contributed by atoms with Gasteiger partial charge in [-0.25, -0.2) is 4.39 Å².